The molecule has 15 rings (SSSR count). The van der Waals surface area contributed by atoms with Crippen molar-refractivity contribution in [1.82, 2.24) is 24.2 Å². The van der Waals surface area contributed by atoms with E-state index in [-0.39, 0.29) is 0 Å². The second-order valence-corrected chi connectivity index (χ2v) is 42.8. The van der Waals surface area contributed by atoms with Crippen LogP contribution in [0.25, 0.3) is 0 Å². The number of piperazine rings is 3. The molecule has 0 spiro atoms. The normalized spacial score (nSPS) is 35.3. The number of pyridine rings is 1. The Hall–Kier alpha value is -2.20. The van der Waals surface area contributed by atoms with Gasteiger partial charge in [-0.05, 0) is 228 Å². The molecule has 0 radical (unpaired) electrons. The first-order chi connectivity index (χ1) is 50.0. The van der Waals surface area contributed by atoms with Crippen LogP contribution in [-0.2, 0) is 19.6 Å². The van der Waals surface area contributed by atoms with E-state index in [4.69, 9.17) is 0 Å². The molecule has 2 aromatic heterocycles. The van der Waals surface area contributed by atoms with Crippen LogP contribution in [0.5, 0.6) is 0 Å². The fraction of sp³-hybridized carbons (Fsp3) is 0.915. The molecule has 13 heteroatoms. The van der Waals surface area contributed by atoms with Crippen molar-refractivity contribution in [2.45, 2.75) is 456 Å². The molecule has 13 aliphatic heterocycles. The minimum absolute atomic E-state index is 0.542. The van der Waals surface area contributed by atoms with E-state index in [9.17, 15) is 0 Å². The van der Waals surface area contributed by atoms with E-state index < -0.39 is 0 Å². The van der Waals surface area contributed by atoms with Gasteiger partial charge in [0, 0.05) is 126 Å². The summed E-state index contributed by atoms with van der Waals surface area (Å²) in [6, 6.07) is 19.9. The second kappa shape index (κ2) is 37.6. The second-order valence-electron chi connectivity index (χ2n) is 42.8. The Kier molecular flexibility index (Phi) is 31.7. The van der Waals surface area contributed by atoms with Gasteiger partial charge in [0.2, 0.25) is 0 Å². The lowest BCUT2D eigenvalue weighted by atomic mass is 9.72. The van der Waals surface area contributed by atoms with Crippen LogP contribution in [-0.4, -0.2) is 248 Å². The highest BCUT2D eigenvalue weighted by Gasteiger charge is 2.56. The first kappa shape index (κ1) is 90.3. The largest absolute Gasteiger partial charge is 0.360 e. The van der Waals surface area contributed by atoms with Crippen LogP contribution in [0, 0.1) is 23.7 Å². The van der Waals surface area contributed by atoms with Gasteiger partial charge in [-0.15, -0.1) is 0 Å². The lowest BCUT2D eigenvalue weighted by Gasteiger charge is -2.59. The van der Waals surface area contributed by atoms with Crippen LogP contribution >= 0.6 is 0 Å². The van der Waals surface area contributed by atoms with Crippen molar-refractivity contribution in [3.05, 3.63) is 42.0 Å². The molecule has 13 aliphatic rings. The number of aromatic nitrogens is 3. The summed E-state index contributed by atoms with van der Waals surface area (Å²) in [5, 5.41) is 0. The van der Waals surface area contributed by atoms with Crippen LogP contribution in [0.3, 0.4) is 0 Å². The summed E-state index contributed by atoms with van der Waals surface area (Å²) in [4.78, 5) is 13.1. The van der Waals surface area contributed by atoms with Crippen LogP contribution < -0.4 is 14.0 Å². The van der Waals surface area contributed by atoms with E-state index in [1.165, 1.54) is 194 Å². The number of likely N-dealkylation sites (tertiary alicyclic amines) is 2. The highest BCUT2D eigenvalue weighted by atomic mass is 15.5. The summed E-state index contributed by atoms with van der Waals surface area (Å²) in [5.41, 5.74) is 3.00. The zero-order chi connectivity index (χ0) is 79.5. The lowest BCUT2D eigenvalue weighted by molar-refractivity contribution is -0.986. The van der Waals surface area contributed by atoms with E-state index in [1.807, 2.05) is 0 Å². The molecular formula is C94H184N13+7. The zero-order valence-corrected chi connectivity index (χ0v) is 77.3. The molecular weight excluding hydrogens is 1310 g/mol. The van der Waals surface area contributed by atoms with E-state index in [0.717, 1.165) is 152 Å². The Balaban J connectivity index is 0.000000157. The minimum atomic E-state index is 0.542. The molecule has 13 nitrogen and oxygen atoms in total. The smallest absolute Gasteiger partial charge is 0.319 e. The molecule has 11 saturated heterocycles. The molecule has 0 amide bonds. The number of likely N-dealkylation sites (N-methyl/N-ethyl adjacent to an activating group) is 3. The maximum absolute atomic E-state index is 2.73. The van der Waals surface area contributed by atoms with Crippen molar-refractivity contribution in [3.8, 4) is 0 Å². The molecule has 10 bridgehead atoms. The van der Waals surface area contributed by atoms with Gasteiger partial charge in [0.25, 0.3) is 0 Å². The number of hydrogen-bond donors (Lipinski definition) is 0. The number of fused-ring (bicyclic) bond motifs is 13. The quantitative estimate of drug-likeness (QED) is 0.139. The molecule has 2 aromatic rings. The summed E-state index contributed by atoms with van der Waals surface area (Å²) in [5.74, 6) is 5.18. The van der Waals surface area contributed by atoms with Gasteiger partial charge in [0.15, 0.2) is 18.4 Å². The first-order valence-electron chi connectivity index (χ1n) is 46.1. The van der Waals surface area contributed by atoms with Crippen LogP contribution in [0.15, 0.2) is 30.9 Å². The minimum Gasteiger partial charge on any atom is -0.319 e. The number of imidazole rings is 1. The van der Waals surface area contributed by atoms with E-state index >= 15 is 0 Å². The summed E-state index contributed by atoms with van der Waals surface area (Å²) < 4.78 is 13.8. The maximum atomic E-state index is 2.73. The molecule has 0 saturated carbocycles. The molecule has 107 heavy (non-hydrogen) atoms. The average Bonchev–Trinajstić information content (AvgIpc) is 1.67. The molecule has 11 fully saturated rings. The molecule has 0 N–H and O–H groups in total. The molecule has 11 atom stereocenters. The van der Waals surface area contributed by atoms with Crippen molar-refractivity contribution in [2.75, 3.05) is 86.0 Å². The van der Waals surface area contributed by atoms with Crippen molar-refractivity contribution >= 4 is 5.95 Å². The standard InChI is InChI=1S/C15H30N.C14H29N2.C14H28N.2C13H27N2.C13H21N2.C12H22N3/c1-11(2)13-9-14-7-6-8-15(10-13)16(14,5)12(3)4;1-11(2)15-9-13-7-6-8-14(10-15)16(13,5)12(3)4;1-10(2)12-8-13-6-7-14(9-12)15(13,5)11(3)4;1-10(2)14-8-13-7-6-12(14)9-15(13,5)11(3)4;1-10(2)14-8-12-6-7-13(9-14)15(12,5)11(3)4;1-10(2)14-6-5-12-7-15(11(3)4)9-13(12)8-14;1-10(2)14-7-5-6-13-8-9-15(11(3)4)12(13)14/h11-15H,6-10H2,1-5H3;11-14H,6-10H2,1-5H3;10-14H,6-9H2,1-5H3;2*10-13H,6-9H2,1-5H3;5-6,8,10-11H,7,9H2,1-4H3;8-11H,5-7H2,1-4H3/q7*+1. The lowest BCUT2D eigenvalue weighted by Crippen LogP contribution is -2.73. The predicted molar refractivity (Wildman–Crippen MR) is 459 cm³/mol. The highest BCUT2D eigenvalue weighted by molar-refractivity contribution is 5.28. The number of quaternary nitrogens is 5. The Labute approximate surface area is 665 Å². The Morgan fingerprint density at radius 2 is 0.766 bits per heavy atom. The van der Waals surface area contributed by atoms with Crippen molar-refractivity contribution in [3.63, 3.8) is 0 Å². The highest BCUT2D eigenvalue weighted by Crippen LogP contribution is 2.49. The van der Waals surface area contributed by atoms with Gasteiger partial charge in [-0.2, -0.15) is 0 Å². The number of hydrogen-bond acceptors (Lipinski definition) is 5. The van der Waals surface area contributed by atoms with E-state index in [2.05, 4.69) is 298 Å². The monoisotopic (exact) mass is 1500 g/mol. The van der Waals surface area contributed by atoms with Crippen LogP contribution in [0.4, 0.5) is 5.95 Å². The number of anilines is 1. The third kappa shape index (κ3) is 19.7. The fourth-order valence-electron chi connectivity index (χ4n) is 23.9. The molecule has 618 valence electrons. The van der Waals surface area contributed by atoms with Crippen molar-refractivity contribution < 1.29 is 31.5 Å². The van der Waals surface area contributed by atoms with Crippen molar-refractivity contribution in [1.29, 1.82) is 0 Å². The van der Waals surface area contributed by atoms with Crippen LogP contribution in [0.2, 0.25) is 0 Å². The van der Waals surface area contributed by atoms with Gasteiger partial charge < -0.3 is 22.4 Å². The zero-order valence-electron chi connectivity index (χ0n) is 77.3. The average molecular weight is 1500 g/mol. The summed E-state index contributed by atoms with van der Waals surface area (Å²) in [6.45, 7) is 78.4. The molecule has 0 aromatic carbocycles. The first-order valence-corrected chi connectivity index (χ1v) is 46.1. The molecule has 11 unspecified atom stereocenters. The van der Waals surface area contributed by atoms with Gasteiger partial charge in [-0.3, -0.25) is 24.5 Å². The predicted octanol–water partition coefficient (Wildman–Crippen LogP) is 18.2. The van der Waals surface area contributed by atoms with E-state index in [0.29, 0.717) is 24.2 Å². The van der Waals surface area contributed by atoms with E-state index in [1.54, 1.807) is 0 Å². The van der Waals surface area contributed by atoms with Gasteiger partial charge >= 0.3 is 5.95 Å². The maximum Gasteiger partial charge on any atom is 0.360 e. The molecule has 0 aliphatic carbocycles. The SMILES string of the molecule is CC(C)C1CC2CCC(C1)[N+]2(C)C(C)C.CC(C)C1CC2CCCC(C1)[N+]2(C)C(C)C.CC(C)N1CC2CCC(C1)[N+]2(C)C(C)C.CC(C)N1CC2CCC1C[N+]2(C)C(C)C.CC(C)N1CC2CCCC(C1)[N+]2(C)C(C)C.CC(C)N1CCC[n+]2ccn(C(C)C)c21.CC(C)N1Cc2cc[n+](C(C)C)cc2C1. The van der Waals surface area contributed by atoms with Gasteiger partial charge in [-0.25, -0.2) is 13.7 Å². The number of aryl methyl sites for hydroxylation is 1. The summed E-state index contributed by atoms with van der Waals surface area (Å²) >= 11 is 0. The van der Waals surface area contributed by atoms with Gasteiger partial charge in [0.05, 0.1) is 172 Å². The summed E-state index contributed by atoms with van der Waals surface area (Å²) in [7, 11) is 12.5. The number of nitrogens with zero attached hydrogens (tertiary/aromatic N) is 13. The van der Waals surface area contributed by atoms with Gasteiger partial charge in [0.1, 0.15) is 30.2 Å². The van der Waals surface area contributed by atoms with Crippen molar-refractivity contribution in [2.24, 2.45) is 23.7 Å². The summed E-state index contributed by atoms with van der Waals surface area (Å²) in [6.07, 6.45) is 33.7. The molecule has 15 heterocycles. The topological polar surface area (TPSA) is 28.9 Å². The third-order valence-corrected chi connectivity index (χ3v) is 33.4. The van der Waals surface area contributed by atoms with Gasteiger partial charge in [-0.1, -0.05) is 27.7 Å². The van der Waals surface area contributed by atoms with Crippen LogP contribution in [0.1, 0.15) is 326 Å². The number of rotatable bonds is 14. The Morgan fingerprint density at radius 1 is 0.374 bits per heavy atom. The Morgan fingerprint density at radius 3 is 1.13 bits per heavy atom. The Bertz CT molecular complexity index is 2830. The third-order valence-electron chi connectivity index (χ3n) is 33.4. The fourth-order valence-corrected chi connectivity index (χ4v) is 23.9. The number of piperidine rings is 6.